The van der Waals surface area contributed by atoms with Gasteiger partial charge in [0.25, 0.3) is 10.0 Å². The van der Waals surface area contributed by atoms with Crippen LogP contribution >= 0.6 is 43.5 Å². The Morgan fingerprint density at radius 2 is 1.86 bits per heavy atom. The third-order valence-electron chi connectivity index (χ3n) is 2.73. The van der Waals surface area contributed by atoms with Gasteiger partial charge in [-0.3, -0.25) is 4.72 Å². The smallest absolute Gasteiger partial charge is 0.263 e. The fourth-order valence-electron chi connectivity index (χ4n) is 1.63. The zero-order valence-corrected chi connectivity index (χ0v) is 15.4. The maximum absolute atomic E-state index is 12.4. The van der Waals surface area contributed by atoms with Gasteiger partial charge in [-0.1, -0.05) is 33.6 Å². The number of aryl methyl sites for hydroxylation is 1. The zero-order valence-electron chi connectivity index (χ0n) is 10.7. The molecule has 0 fully saturated rings. The maximum atomic E-state index is 12.4. The standard InChI is InChI=1S/C13H10Br2ClNO3S/c1-7-5-9(15)12(6-8(7)14)21(19,20)17-11-4-2-3-10(16)13(11)18/h2-6,17-18H,1H3. The van der Waals surface area contributed by atoms with E-state index in [1.54, 1.807) is 12.1 Å². The normalized spacial score (nSPS) is 11.4. The molecule has 0 aromatic heterocycles. The lowest BCUT2D eigenvalue weighted by Gasteiger charge is -2.12. The van der Waals surface area contributed by atoms with Gasteiger partial charge in [0.1, 0.15) is 4.90 Å². The lowest BCUT2D eigenvalue weighted by molar-refractivity contribution is 0.478. The second-order valence-electron chi connectivity index (χ2n) is 4.27. The Morgan fingerprint density at radius 1 is 1.19 bits per heavy atom. The van der Waals surface area contributed by atoms with Crippen LogP contribution in [-0.4, -0.2) is 13.5 Å². The number of para-hydroxylation sites is 1. The molecule has 0 aliphatic carbocycles. The van der Waals surface area contributed by atoms with Gasteiger partial charge >= 0.3 is 0 Å². The molecule has 0 saturated heterocycles. The molecule has 0 aliphatic rings. The number of anilines is 1. The van der Waals surface area contributed by atoms with Crippen LogP contribution in [-0.2, 0) is 10.0 Å². The molecular weight excluding hydrogens is 445 g/mol. The predicted molar refractivity (Wildman–Crippen MR) is 90.5 cm³/mol. The molecule has 21 heavy (non-hydrogen) atoms. The van der Waals surface area contributed by atoms with E-state index < -0.39 is 10.0 Å². The number of halogens is 3. The van der Waals surface area contributed by atoms with Gasteiger partial charge in [-0.15, -0.1) is 0 Å². The first-order chi connectivity index (χ1) is 9.72. The average Bonchev–Trinajstić information content (AvgIpc) is 2.39. The minimum Gasteiger partial charge on any atom is -0.504 e. The summed E-state index contributed by atoms with van der Waals surface area (Å²) in [5.41, 5.74) is 0.914. The van der Waals surface area contributed by atoms with Crippen molar-refractivity contribution in [2.75, 3.05) is 4.72 Å². The molecule has 4 nitrogen and oxygen atoms in total. The summed E-state index contributed by atoms with van der Waals surface area (Å²) in [6.45, 7) is 1.85. The largest absolute Gasteiger partial charge is 0.504 e. The summed E-state index contributed by atoms with van der Waals surface area (Å²) in [6.07, 6.45) is 0. The van der Waals surface area contributed by atoms with Crippen LogP contribution in [0.2, 0.25) is 5.02 Å². The summed E-state index contributed by atoms with van der Waals surface area (Å²) in [6, 6.07) is 7.61. The zero-order chi connectivity index (χ0) is 15.8. The monoisotopic (exact) mass is 453 g/mol. The molecule has 0 atom stereocenters. The molecule has 0 amide bonds. The van der Waals surface area contributed by atoms with Crippen molar-refractivity contribution in [3.8, 4) is 5.75 Å². The topological polar surface area (TPSA) is 66.4 Å². The molecule has 0 heterocycles. The number of rotatable bonds is 3. The number of aromatic hydroxyl groups is 1. The second kappa shape index (κ2) is 6.16. The lowest BCUT2D eigenvalue weighted by atomic mass is 10.2. The molecule has 0 spiro atoms. The van der Waals surface area contributed by atoms with E-state index in [4.69, 9.17) is 11.6 Å². The number of benzene rings is 2. The summed E-state index contributed by atoms with van der Waals surface area (Å²) in [4.78, 5) is 0.0550. The molecule has 0 aliphatic heterocycles. The van der Waals surface area contributed by atoms with Gasteiger partial charge < -0.3 is 5.11 Å². The van der Waals surface area contributed by atoms with E-state index in [1.807, 2.05) is 6.92 Å². The van der Waals surface area contributed by atoms with E-state index in [0.717, 1.165) is 5.56 Å². The number of phenolic OH excluding ortho intramolecular Hbond substituents is 1. The quantitative estimate of drug-likeness (QED) is 0.661. The molecule has 0 bridgehead atoms. The Kier molecular flexibility index (Phi) is 4.87. The van der Waals surface area contributed by atoms with Crippen molar-refractivity contribution >= 4 is 59.2 Å². The molecular formula is C13H10Br2ClNO3S. The maximum Gasteiger partial charge on any atom is 0.263 e. The highest BCUT2D eigenvalue weighted by molar-refractivity contribution is 9.11. The van der Waals surface area contributed by atoms with Crippen LogP contribution in [0.1, 0.15) is 5.56 Å². The van der Waals surface area contributed by atoms with Gasteiger partial charge in [0.05, 0.1) is 10.7 Å². The number of sulfonamides is 1. The van der Waals surface area contributed by atoms with E-state index in [1.165, 1.54) is 18.2 Å². The fourth-order valence-corrected chi connectivity index (χ4v) is 4.55. The van der Waals surface area contributed by atoms with E-state index in [9.17, 15) is 13.5 Å². The van der Waals surface area contributed by atoms with Crippen LogP contribution in [0, 0.1) is 6.92 Å². The minimum atomic E-state index is -3.87. The minimum absolute atomic E-state index is 0.0195. The van der Waals surface area contributed by atoms with Crippen LogP contribution in [0.25, 0.3) is 0 Å². The summed E-state index contributed by atoms with van der Waals surface area (Å²) in [7, 11) is -3.87. The molecule has 0 unspecified atom stereocenters. The van der Waals surface area contributed by atoms with Crippen LogP contribution in [0.15, 0.2) is 44.2 Å². The summed E-state index contributed by atoms with van der Waals surface area (Å²) >= 11 is 12.3. The van der Waals surface area contributed by atoms with Crippen molar-refractivity contribution in [3.05, 3.63) is 49.9 Å². The number of nitrogens with one attached hydrogen (secondary N) is 1. The van der Waals surface area contributed by atoms with E-state index in [0.29, 0.717) is 8.95 Å². The van der Waals surface area contributed by atoms with Gasteiger partial charge in [-0.25, -0.2) is 8.42 Å². The van der Waals surface area contributed by atoms with Crippen molar-refractivity contribution in [1.82, 2.24) is 0 Å². The number of hydrogen-bond acceptors (Lipinski definition) is 3. The summed E-state index contributed by atoms with van der Waals surface area (Å²) < 4.78 is 28.3. The molecule has 0 saturated carbocycles. The summed E-state index contributed by atoms with van der Waals surface area (Å²) in [5.74, 6) is -0.315. The highest BCUT2D eigenvalue weighted by atomic mass is 79.9. The fraction of sp³-hybridized carbons (Fsp3) is 0.0769. The predicted octanol–water partition coefficient (Wildman–Crippen LogP) is 4.68. The highest BCUT2D eigenvalue weighted by Crippen LogP contribution is 2.35. The lowest BCUT2D eigenvalue weighted by Crippen LogP contribution is -2.14. The van der Waals surface area contributed by atoms with Crippen molar-refractivity contribution in [2.45, 2.75) is 11.8 Å². The van der Waals surface area contributed by atoms with Crippen molar-refractivity contribution < 1.29 is 13.5 Å². The Hall–Kier alpha value is -0.760. The SMILES string of the molecule is Cc1cc(Br)c(S(=O)(=O)Nc2cccc(Cl)c2O)cc1Br. The first-order valence-electron chi connectivity index (χ1n) is 5.68. The molecule has 8 heteroatoms. The van der Waals surface area contributed by atoms with Gasteiger partial charge in [-0.2, -0.15) is 0 Å². The van der Waals surface area contributed by atoms with E-state index >= 15 is 0 Å². The van der Waals surface area contributed by atoms with Crippen LogP contribution < -0.4 is 4.72 Å². The average molecular weight is 456 g/mol. The van der Waals surface area contributed by atoms with E-state index in [2.05, 4.69) is 36.6 Å². The third-order valence-corrected chi connectivity index (χ3v) is 6.22. The van der Waals surface area contributed by atoms with Crippen molar-refractivity contribution in [1.29, 1.82) is 0 Å². The Balaban J connectivity index is 2.48. The third kappa shape index (κ3) is 3.53. The van der Waals surface area contributed by atoms with Crippen LogP contribution in [0.4, 0.5) is 5.69 Å². The van der Waals surface area contributed by atoms with Crippen LogP contribution in [0.5, 0.6) is 5.75 Å². The molecule has 2 rings (SSSR count). The molecule has 0 radical (unpaired) electrons. The Morgan fingerprint density at radius 3 is 2.52 bits per heavy atom. The van der Waals surface area contributed by atoms with Gasteiger partial charge in [-0.05, 0) is 52.7 Å². The molecule has 2 aromatic rings. The first kappa shape index (κ1) is 16.6. The number of phenols is 1. The molecule has 2 N–H and O–H groups in total. The molecule has 2 aromatic carbocycles. The van der Waals surface area contributed by atoms with Crippen molar-refractivity contribution in [3.63, 3.8) is 0 Å². The Bertz CT molecular complexity index is 809. The summed E-state index contributed by atoms with van der Waals surface area (Å²) in [5, 5.41) is 9.86. The van der Waals surface area contributed by atoms with Gasteiger partial charge in [0.15, 0.2) is 5.75 Å². The van der Waals surface area contributed by atoms with Gasteiger partial charge in [0.2, 0.25) is 0 Å². The van der Waals surface area contributed by atoms with Gasteiger partial charge in [0, 0.05) is 8.95 Å². The first-order valence-corrected chi connectivity index (χ1v) is 9.13. The number of hydrogen-bond donors (Lipinski definition) is 2. The second-order valence-corrected chi connectivity index (χ2v) is 8.04. The van der Waals surface area contributed by atoms with E-state index in [-0.39, 0.29) is 21.4 Å². The Labute approximate surface area is 144 Å². The highest BCUT2D eigenvalue weighted by Gasteiger charge is 2.21. The molecule has 112 valence electrons. The van der Waals surface area contributed by atoms with Crippen LogP contribution in [0.3, 0.4) is 0 Å². The van der Waals surface area contributed by atoms with Crippen molar-refractivity contribution in [2.24, 2.45) is 0 Å².